The standard InChI is InChI=1S/C32H33F2NP2/c1-2-3-22-35(36(29-18-10-16-27(33)23-29)30-19-11-17-28(34)24-30)37-31(25-12-6-4-7-13-25)20-21-32(37)26-14-8-5-9-15-26/h4-19,23-24,31-32H,2-3,20-22H2,1H3/t31-,32?,37?/m0/s1. The lowest BCUT2D eigenvalue weighted by Crippen LogP contribution is -2.28. The monoisotopic (exact) mass is 531 g/mol. The molecule has 1 aliphatic heterocycles. The molecule has 0 N–H and O–H groups in total. The SMILES string of the molecule is CCCCN(P(c1cccc(F)c1)c1cccc(F)c1)P1C(c2ccccc2)CC[C@H]1c1ccccc1. The Hall–Kier alpha value is -2.44. The minimum atomic E-state index is -1.12. The molecule has 0 spiro atoms. The Kier molecular flexibility index (Phi) is 8.78. The summed E-state index contributed by atoms with van der Waals surface area (Å²) in [5, 5.41) is 1.90. The van der Waals surface area contributed by atoms with Gasteiger partial charge in [0.2, 0.25) is 0 Å². The van der Waals surface area contributed by atoms with Gasteiger partial charge in [0.1, 0.15) is 11.6 Å². The lowest BCUT2D eigenvalue weighted by atomic mass is 10.0. The highest BCUT2D eigenvalue weighted by atomic mass is 31.2. The third-order valence-electron chi connectivity index (χ3n) is 7.04. The summed E-state index contributed by atoms with van der Waals surface area (Å²) < 4.78 is 31.9. The maximum atomic E-state index is 14.6. The molecule has 0 aliphatic carbocycles. The maximum absolute atomic E-state index is 14.6. The highest BCUT2D eigenvalue weighted by Gasteiger charge is 2.44. The van der Waals surface area contributed by atoms with Crippen LogP contribution in [0.25, 0.3) is 0 Å². The highest BCUT2D eigenvalue weighted by molar-refractivity contribution is 7.79. The first-order valence-corrected chi connectivity index (χ1v) is 15.9. The van der Waals surface area contributed by atoms with E-state index in [9.17, 15) is 8.78 Å². The zero-order valence-corrected chi connectivity index (χ0v) is 23.0. The van der Waals surface area contributed by atoms with Crippen LogP contribution in [-0.4, -0.2) is 11.0 Å². The average Bonchev–Trinajstić information content (AvgIpc) is 3.37. The summed E-state index contributed by atoms with van der Waals surface area (Å²) in [4.78, 5) is 0. The van der Waals surface area contributed by atoms with Crippen LogP contribution in [0.5, 0.6) is 0 Å². The van der Waals surface area contributed by atoms with Gasteiger partial charge in [-0.25, -0.2) is 8.78 Å². The fourth-order valence-electron chi connectivity index (χ4n) is 5.36. The molecule has 0 bridgehead atoms. The fraction of sp³-hybridized carbons (Fsp3) is 0.250. The van der Waals surface area contributed by atoms with Crippen LogP contribution >= 0.6 is 16.1 Å². The van der Waals surface area contributed by atoms with Crippen LogP contribution in [0.1, 0.15) is 55.1 Å². The van der Waals surface area contributed by atoms with Crippen LogP contribution in [0.2, 0.25) is 0 Å². The molecule has 3 atom stereocenters. The second kappa shape index (κ2) is 12.4. The number of rotatable bonds is 9. The molecule has 4 aromatic carbocycles. The van der Waals surface area contributed by atoms with Crippen LogP contribution in [0.3, 0.4) is 0 Å². The molecule has 1 aliphatic rings. The van der Waals surface area contributed by atoms with Gasteiger partial charge >= 0.3 is 0 Å². The summed E-state index contributed by atoms with van der Waals surface area (Å²) in [7, 11) is -1.81. The Labute approximate surface area is 222 Å². The minimum Gasteiger partial charge on any atom is -0.251 e. The second-order valence-electron chi connectivity index (χ2n) is 9.53. The first-order chi connectivity index (χ1) is 18.2. The van der Waals surface area contributed by atoms with E-state index in [0.29, 0.717) is 11.3 Å². The molecule has 0 radical (unpaired) electrons. The first kappa shape index (κ1) is 26.2. The van der Waals surface area contributed by atoms with Gasteiger partial charge < -0.3 is 0 Å². The van der Waals surface area contributed by atoms with E-state index >= 15 is 0 Å². The smallest absolute Gasteiger partial charge is 0.123 e. The van der Waals surface area contributed by atoms with Gasteiger partial charge in [-0.05, 0) is 73.3 Å². The van der Waals surface area contributed by atoms with Crippen molar-refractivity contribution in [2.75, 3.05) is 6.54 Å². The number of halogens is 2. The summed E-state index contributed by atoms with van der Waals surface area (Å²) in [6.45, 7) is 3.13. The normalized spacial score (nSPS) is 19.5. The molecule has 0 saturated carbocycles. The molecular formula is C32H33F2NP2. The van der Waals surface area contributed by atoms with Crippen molar-refractivity contribution in [1.82, 2.24) is 4.44 Å². The molecule has 1 nitrogen and oxygen atoms in total. The van der Waals surface area contributed by atoms with Gasteiger partial charge in [0, 0.05) is 25.9 Å². The lowest BCUT2D eigenvalue weighted by molar-refractivity contribution is 0.624. The molecular weight excluding hydrogens is 498 g/mol. The molecule has 4 aromatic rings. The second-order valence-corrected chi connectivity index (χ2v) is 14.5. The third kappa shape index (κ3) is 6.01. The molecule has 5 heteroatoms. The summed E-state index contributed by atoms with van der Waals surface area (Å²) in [6, 6.07) is 35.7. The molecule has 190 valence electrons. The van der Waals surface area contributed by atoms with Crippen LogP contribution in [0.15, 0.2) is 109 Å². The summed E-state index contributed by atoms with van der Waals surface area (Å²) >= 11 is 0. The zero-order valence-electron chi connectivity index (χ0n) is 21.2. The number of benzene rings is 4. The maximum Gasteiger partial charge on any atom is 0.123 e. The van der Waals surface area contributed by atoms with Crippen LogP contribution in [0, 0.1) is 11.6 Å². The van der Waals surface area contributed by atoms with Crippen molar-refractivity contribution in [3.8, 4) is 0 Å². The van der Waals surface area contributed by atoms with Crippen molar-refractivity contribution in [3.05, 3.63) is 132 Å². The number of unbranched alkanes of at least 4 members (excludes halogenated alkanes) is 1. The zero-order chi connectivity index (χ0) is 25.6. The average molecular weight is 532 g/mol. The van der Waals surface area contributed by atoms with E-state index in [-0.39, 0.29) is 11.6 Å². The minimum absolute atomic E-state index is 0.240. The van der Waals surface area contributed by atoms with Crippen molar-refractivity contribution in [3.63, 3.8) is 0 Å². The predicted molar refractivity (Wildman–Crippen MR) is 155 cm³/mol. The molecule has 0 aromatic heterocycles. The molecule has 0 amide bonds. The number of hydrogen-bond donors (Lipinski definition) is 0. The first-order valence-electron chi connectivity index (χ1n) is 13.1. The van der Waals surface area contributed by atoms with Crippen LogP contribution in [0.4, 0.5) is 8.78 Å². The van der Waals surface area contributed by atoms with Crippen molar-refractivity contribution in [1.29, 1.82) is 0 Å². The molecule has 37 heavy (non-hydrogen) atoms. The Bertz CT molecular complexity index is 1190. The summed E-state index contributed by atoms with van der Waals surface area (Å²) in [6.07, 6.45) is 4.35. The third-order valence-corrected chi connectivity index (χ3v) is 13.5. The summed E-state index contributed by atoms with van der Waals surface area (Å²) in [5.74, 6) is -0.481. The van der Waals surface area contributed by atoms with Crippen LogP contribution in [-0.2, 0) is 0 Å². The van der Waals surface area contributed by atoms with E-state index in [1.807, 2.05) is 12.1 Å². The number of hydrogen-bond acceptors (Lipinski definition) is 1. The van der Waals surface area contributed by atoms with E-state index < -0.39 is 16.1 Å². The van der Waals surface area contributed by atoms with E-state index in [1.54, 1.807) is 24.3 Å². The quantitative estimate of drug-likeness (QED) is 0.195. The van der Waals surface area contributed by atoms with E-state index in [1.165, 1.54) is 23.3 Å². The molecule has 1 heterocycles. The van der Waals surface area contributed by atoms with Gasteiger partial charge in [-0.2, -0.15) is 0 Å². The predicted octanol–water partition coefficient (Wildman–Crippen LogP) is 9.09. The Morgan fingerprint density at radius 2 is 1.19 bits per heavy atom. The lowest BCUT2D eigenvalue weighted by Gasteiger charge is -2.42. The van der Waals surface area contributed by atoms with Crippen molar-refractivity contribution in [2.45, 2.75) is 43.9 Å². The van der Waals surface area contributed by atoms with Gasteiger partial charge in [0.25, 0.3) is 0 Å². The topological polar surface area (TPSA) is 3.24 Å². The van der Waals surface area contributed by atoms with Gasteiger partial charge in [-0.1, -0.05) is 98.3 Å². The Morgan fingerprint density at radius 1 is 0.703 bits per heavy atom. The van der Waals surface area contributed by atoms with Gasteiger partial charge in [0.15, 0.2) is 0 Å². The van der Waals surface area contributed by atoms with Gasteiger partial charge in [-0.15, -0.1) is 0 Å². The van der Waals surface area contributed by atoms with Crippen molar-refractivity contribution < 1.29 is 8.78 Å². The Morgan fingerprint density at radius 3 is 1.62 bits per heavy atom. The van der Waals surface area contributed by atoms with E-state index in [4.69, 9.17) is 0 Å². The molecule has 1 saturated heterocycles. The highest BCUT2D eigenvalue weighted by Crippen LogP contribution is 2.76. The van der Waals surface area contributed by atoms with Crippen LogP contribution < -0.4 is 10.6 Å². The molecule has 2 unspecified atom stereocenters. The fourth-order valence-corrected chi connectivity index (χ4v) is 12.9. The Balaban J connectivity index is 1.68. The van der Waals surface area contributed by atoms with Crippen molar-refractivity contribution >= 4 is 26.8 Å². The molecule has 1 fully saturated rings. The van der Waals surface area contributed by atoms with E-state index in [0.717, 1.165) is 42.8 Å². The largest absolute Gasteiger partial charge is 0.251 e. The van der Waals surface area contributed by atoms with Crippen molar-refractivity contribution in [2.24, 2.45) is 0 Å². The van der Waals surface area contributed by atoms with E-state index in [2.05, 4.69) is 72.0 Å². The summed E-state index contributed by atoms with van der Waals surface area (Å²) in [5.41, 5.74) is 3.57. The van der Waals surface area contributed by atoms with Gasteiger partial charge in [-0.3, -0.25) is 4.44 Å². The van der Waals surface area contributed by atoms with Gasteiger partial charge in [0.05, 0.1) is 0 Å². The number of nitrogens with zero attached hydrogens (tertiary/aromatic N) is 1. The molecule has 5 rings (SSSR count).